The zero-order valence-electron chi connectivity index (χ0n) is 15.8. The van der Waals surface area contributed by atoms with Gasteiger partial charge < -0.3 is 24.8 Å². The summed E-state index contributed by atoms with van der Waals surface area (Å²) < 4.78 is 10.9. The number of aryl methyl sites for hydroxylation is 2. The number of phenolic OH excluding ortho intramolecular Hbond substituents is 3. The second-order valence-electron chi connectivity index (χ2n) is 6.97. The number of benzene rings is 3. The number of aromatic hydroxyl groups is 3. The number of fused-ring (bicyclic) bond motifs is 2. The van der Waals surface area contributed by atoms with Crippen LogP contribution >= 0.6 is 0 Å². The van der Waals surface area contributed by atoms with E-state index in [1.165, 1.54) is 7.11 Å². The van der Waals surface area contributed by atoms with Crippen LogP contribution in [0.2, 0.25) is 0 Å². The van der Waals surface area contributed by atoms with Crippen molar-refractivity contribution in [1.29, 1.82) is 0 Å². The number of phenols is 3. The minimum Gasteiger partial charge on any atom is -0.508 e. The fraction of sp³-hybridized carbons (Fsp3) is 0.217. The molecule has 5 nitrogen and oxygen atoms in total. The van der Waals surface area contributed by atoms with E-state index >= 15 is 0 Å². The van der Waals surface area contributed by atoms with Crippen molar-refractivity contribution in [1.82, 2.24) is 0 Å². The normalized spacial score (nSPS) is 15.3. The summed E-state index contributed by atoms with van der Waals surface area (Å²) >= 11 is 0. The lowest BCUT2D eigenvalue weighted by Crippen LogP contribution is -2.08. The topological polar surface area (TPSA) is 79.2 Å². The van der Waals surface area contributed by atoms with Gasteiger partial charge in [-0.15, -0.1) is 0 Å². The van der Waals surface area contributed by atoms with Gasteiger partial charge in [-0.3, -0.25) is 0 Å². The van der Waals surface area contributed by atoms with Gasteiger partial charge in [0.2, 0.25) is 0 Å². The predicted molar refractivity (Wildman–Crippen MR) is 106 cm³/mol. The van der Waals surface area contributed by atoms with E-state index in [4.69, 9.17) is 9.47 Å². The Kier molecular flexibility index (Phi) is 4.51. The summed E-state index contributed by atoms with van der Waals surface area (Å²) in [7, 11) is 3.11. The molecule has 144 valence electrons. The molecule has 5 heteroatoms. The van der Waals surface area contributed by atoms with Crippen molar-refractivity contribution < 1.29 is 24.8 Å². The lowest BCUT2D eigenvalue weighted by atomic mass is 9.82. The van der Waals surface area contributed by atoms with Gasteiger partial charge in [-0.2, -0.15) is 0 Å². The molecule has 3 N–H and O–H groups in total. The third kappa shape index (κ3) is 2.99. The van der Waals surface area contributed by atoms with E-state index in [-0.39, 0.29) is 23.2 Å². The van der Waals surface area contributed by atoms with Gasteiger partial charge in [-0.25, -0.2) is 0 Å². The summed E-state index contributed by atoms with van der Waals surface area (Å²) in [5.74, 6) is 1.25. The van der Waals surface area contributed by atoms with Crippen LogP contribution in [0.4, 0.5) is 0 Å². The minimum atomic E-state index is -0.196. The Morgan fingerprint density at radius 2 is 1.46 bits per heavy atom. The van der Waals surface area contributed by atoms with E-state index in [1.807, 2.05) is 18.2 Å². The number of ether oxygens (including phenoxy) is 2. The molecule has 1 atom stereocenters. The smallest absolute Gasteiger partial charge is 0.160 e. The highest BCUT2D eigenvalue weighted by atomic mass is 16.5. The Balaban J connectivity index is 2.03. The molecular formula is C23H22O5. The van der Waals surface area contributed by atoms with Gasteiger partial charge in [0, 0.05) is 17.5 Å². The molecule has 28 heavy (non-hydrogen) atoms. The van der Waals surface area contributed by atoms with Crippen molar-refractivity contribution >= 4 is 0 Å². The van der Waals surface area contributed by atoms with Crippen LogP contribution in [0.3, 0.4) is 0 Å². The van der Waals surface area contributed by atoms with Crippen LogP contribution in [-0.2, 0) is 12.8 Å². The van der Waals surface area contributed by atoms with Crippen molar-refractivity contribution in [2.45, 2.75) is 18.8 Å². The molecule has 1 aliphatic rings. The Labute approximate surface area is 163 Å². The summed E-state index contributed by atoms with van der Waals surface area (Å²) in [4.78, 5) is 0. The molecule has 0 aliphatic heterocycles. The van der Waals surface area contributed by atoms with Crippen molar-refractivity contribution in [3.8, 4) is 28.7 Å². The minimum absolute atomic E-state index is 0.0729. The SMILES string of the molecule is COc1cc(C2c3ccc(O)cc3CCc3cc(O)cc(OC)c32)ccc1O. The van der Waals surface area contributed by atoms with Crippen molar-refractivity contribution in [2.24, 2.45) is 0 Å². The molecule has 3 aromatic carbocycles. The fourth-order valence-corrected chi connectivity index (χ4v) is 4.11. The molecule has 0 bridgehead atoms. The first-order valence-electron chi connectivity index (χ1n) is 9.10. The lowest BCUT2D eigenvalue weighted by Gasteiger charge is -2.24. The maximum absolute atomic E-state index is 10.2. The second-order valence-corrected chi connectivity index (χ2v) is 6.97. The maximum atomic E-state index is 10.2. The van der Waals surface area contributed by atoms with Crippen LogP contribution < -0.4 is 9.47 Å². The third-order valence-electron chi connectivity index (χ3n) is 5.36. The fourth-order valence-electron chi connectivity index (χ4n) is 4.11. The van der Waals surface area contributed by atoms with E-state index < -0.39 is 0 Å². The van der Waals surface area contributed by atoms with Crippen LogP contribution in [0.25, 0.3) is 0 Å². The van der Waals surface area contributed by atoms with Gasteiger partial charge in [0.15, 0.2) is 11.5 Å². The number of hydrogen-bond acceptors (Lipinski definition) is 5. The number of rotatable bonds is 3. The highest BCUT2D eigenvalue weighted by Crippen LogP contribution is 2.46. The van der Waals surface area contributed by atoms with Crippen molar-refractivity contribution in [3.63, 3.8) is 0 Å². The molecule has 1 aliphatic carbocycles. The van der Waals surface area contributed by atoms with Crippen LogP contribution in [0.15, 0.2) is 48.5 Å². The van der Waals surface area contributed by atoms with E-state index in [9.17, 15) is 15.3 Å². The molecule has 0 radical (unpaired) electrons. The Morgan fingerprint density at radius 3 is 2.21 bits per heavy atom. The van der Waals surface area contributed by atoms with E-state index in [0.717, 1.165) is 34.2 Å². The molecule has 4 rings (SSSR count). The molecule has 0 saturated heterocycles. The second kappa shape index (κ2) is 7.00. The lowest BCUT2D eigenvalue weighted by molar-refractivity contribution is 0.372. The molecule has 3 aromatic rings. The summed E-state index contributed by atoms with van der Waals surface area (Å²) in [6, 6.07) is 14.1. The first-order valence-corrected chi connectivity index (χ1v) is 9.10. The molecule has 0 heterocycles. The van der Waals surface area contributed by atoms with Gasteiger partial charge in [0.05, 0.1) is 14.2 Å². The van der Waals surface area contributed by atoms with E-state index in [2.05, 4.69) is 0 Å². The van der Waals surface area contributed by atoms with Gasteiger partial charge >= 0.3 is 0 Å². The largest absolute Gasteiger partial charge is 0.508 e. The maximum Gasteiger partial charge on any atom is 0.160 e. The number of hydrogen-bond donors (Lipinski definition) is 3. The third-order valence-corrected chi connectivity index (χ3v) is 5.36. The monoisotopic (exact) mass is 378 g/mol. The molecule has 0 spiro atoms. The molecule has 1 unspecified atom stereocenters. The summed E-state index contributed by atoms with van der Waals surface area (Å²) in [6.45, 7) is 0. The van der Waals surface area contributed by atoms with Gasteiger partial charge in [0.25, 0.3) is 0 Å². The Morgan fingerprint density at radius 1 is 0.750 bits per heavy atom. The highest BCUT2D eigenvalue weighted by Gasteiger charge is 2.29. The summed E-state index contributed by atoms with van der Waals surface area (Å²) in [5, 5.41) is 30.2. The standard InChI is InChI=1S/C23H22O5/c1-27-20-11-15(5-8-19(20)26)22-18-7-6-16(24)9-13(18)3-4-14-10-17(25)12-21(28-2)23(14)22/h5-12,22,24-26H,3-4H2,1-2H3. The summed E-state index contributed by atoms with van der Waals surface area (Å²) in [6.07, 6.45) is 1.44. The first kappa shape index (κ1) is 18.0. The van der Waals surface area contributed by atoms with E-state index in [1.54, 1.807) is 37.4 Å². The van der Waals surface area contributed by atoms with E-state index in [0.29, 0.717) is 17.9 Å². The van der Waals surface area contributed by atoms with Crippen molar-refractivity contribution in [2.75, 3.05) is 14.2 Å². The molecule has 0 saturated carbocycles. The van der Waals surface area contributed by atoms with Crippen LogP contribution in [0.5, 0.6) is 28.7 Å². The average Bonchev–Trinajstić information content (AvgIpc) is 2.84. The summed E-state index contributed by atoms with van der Waals surface area (Å²) in [5.41, 5.74) is 4.97. The molecule has 0 amide bonds. The average molecular weight is 378 g/mol. The van der Waals surface area contributed by atoms with Gasteiger partial charge in [0.1, 0.15) is 17.2 Å². The zero-order valence-corrected chi connectivity index (χ0v) is 15.8. The highest BCUT2D eigenvalue weighted by molar-refractivity contribution is 5.60. The number of methoxy groups -OCH3 is 2. The van der Waals surface area contributed by atoms with Crippen LogP contribution in [-0.4, -0.2) is 29.5 Å². The molecule has 0 aromatic heterocycles. The van der Waals surface area contributed by atoms with Gasteiger partial charge in [-0.05, 0) is 65.4 Å². The Hall–Kier alpha value is -3.34. The predicted octanol–water partition coefficient (Wildman–Crippen LogP) is 4.10. The molecular weight excluding hydrogens is 356 g/mol. The Bertz CT molecular complexity index is 1040. The zero-order chi connectivity index (χ0) is 19.8. The first-order chi connectivity index (χ1) is 13.5. The van der Waals surface area contributed by atoms with Crippen molar-refractivity contribution in [3.05, 3.63) is 76.3 Å². The molecule has 0 fully saturated rings. The quantitative estimate of drug-likeness (QED) is 0.639. The van der Waals surface area contributed by atoms with Crippen LogP contribution in [0.1, 0.15) is 33.7 Å². The van der Waals surface area contributed by atoms with Crippen LogP contribution in [0, 0.1) is 0 Å². The van der Waals surface area contributed by atoms with Gasteiger partial charge in [-0.1, -0.05) is 12.1 Å².